The monoisotopic (exact) mass is 424 g/mol. The lowest BCUT2D eigenvalue weighted by Crippen LogP contribution is -2.34. The number of ether oxygens (including phenoxy) is 2. The molecule has 154 valence electrons. The summed E-state index contributed by atoms with van der Waals surface area (Å²) < 4.78 is 11.4. The van der Waals surface area contributed by atoms with E-state index in [1.165, 1.54) is 0 Å². The Kier molecular flexibility index (Phi) is 12.5. The topological polar surface area (TPSA) is 38.7 Å². The van der Waals surface area contributed by atoms with Crippen molar-refractivity contribution in [1.82, 2.24) is 0 Å². The van der Waals surface area contributed by atoms with Crippen LogP contribution >= 0.6 is 0 Å². The maximum absolute atomic E-state index is 10.0. The lowest BCUT2D eigenvalue weighted by molar-refractivity contribution is -0.153. The summed E-state index contributed by atoms with van der Waals surface area (Å²) in [5.41, 5.74) is 0. The summed E-state index contributed by atoms with van der Waals surface area (Å²) in [5.74, 6) is 51.7. The molecule has 1 rings (SSSR count). The van der Waals surface area contributed by atoms with Gasteiger partial charge in [-0.25, -0.2) is 0 Å². The Labute approximate surface area is 196 Å². The molecule has 0 radical (unpaired) electrons. The van der Waals surface area contributed by atoms with Crippen molar-refractivity contribution in [2.45, 2.75) is 51.3 Å². The van der Waals surface area contributed by atoms with E-state index in [0.29, 0.717) is 6.42 Å². The van der Waals surface area contributed by atoms with Gasteiger partial charge in [0.15, 0.2) is 11.9 Å². The zero-order chi connectivity index (χ0) is 24.2. The van der Waals surface area contributed by atoms with Gasteiger partial charge in [-0.1, -0.05) is 12.8 Å². The fraction of sp³-hybridized carbons (Fsp3) is 0.267. The summed E-state index contributed by atoms with van der Waals surface area (Å²) in [4.78, 5) is 0. The fourth-order valence-corrected chi connectivity index (χ4v) is 2.09. The third-order valence-electron chi connectivity index (χ3n) is 3.34. The molecule has 0 saturated carbocycles. The predicted molar refractivity (Wildman–Crippen MR) is 127 cm³/mol. The lowest BCUT2D eigenvalue weighted by Gasteiger charge is -2.19. The van der Waals surface area contributed by atoms with Gasteiger partial charge in [0.2, 0.25) is 0 Å². The second-order valence-corrected chi connectivity index (χ2v) is 6.16. The van der Waals surface area contributed by atoms with Gasteiger partial charge in [-0.15, -0.1) is 6.42 Å². The van der Waals surface area contributed by atoms with E-state index in [2.05, 4.69) is 124 Å². The average molecular weight is 424 g/mol. The van der Waals surface area contributed by atoms with Gasteiger partial charge in [0.1, 0.15) is 6.10 Å². The molecular weight excluding hydrogens is 408 g/mol. The summed E-state index contributed by atoms with van der Waals surface area (Å²) in [5, 5.41) is 10.0. The molecule has 1 heterocycles. The van der Waals surface area contributed by atoms with Crippen molar-refractivity contribution in [2.75, 3.05) is 0 Å². The molecular formula is C30H16O3. The highest BCUT2D eigenvalue weighted by molar-refractivity contribution is 5.47. The quantitative estimate of drug-likeness (QED) is 0.671. The second-order valence-electron chi connectivity index (χ2n) is 6.16. The van der Waals surface area contributed by atoms with Gasteiger partial charge in [-0.3, -0.25) is 0 Å². The standard InChI is InChI=1S/C30H16O3/c1-5-7-8-9-10-11-12-13-14-15-16-17-18-19-20-21-22-23-24-25-26-28-29(27(31)6-2)33-30(3,4)32-28/h1,27-29,31H,6H2,2-4H3/t27-,28+,29-/m0/s1. The van der Waals surface area contributed by atoms with Crippen LogP contribution < -0.4 is 0 Å². The van der Waals surface area contributed by atoms with Gasteiger partial charge in [-0.05, 0) is 115 Å². The summed E-state index contributed by atoms with van der Waals surface area (Å²) in [6, 6.07) is 0. The molecule has 0 bridgehead atoms. The number of hydrogen-bond donors (Lipinski definition) is 1. The smallest absolute Gasteiger partial charge is 0.165 e. The number of aliphatic hydroxyl groups is 1. The third kappa shape index (κ3) is 12.4. The molecule has 0 aromatic rings. The number of hydrogen-bond acceptors (Lipinski definition) is 3. The van der Waals surface area contributed by atoms with Crippen molar-refractivity contribution >= 4 is 0 Å². The first kappa shape index (κ1) is 26.1. The van der Waals surface area contributed by atoms with E-state index in [1.54, 1.807) is 13.8 Å². The van der Waals surface area contributed by atoms with E-state index in [1.807, 2.05) is 6.92 Å². The molecule has 1 aliphatic heterocycles. The Hall–Kier alpha value is -4.96. The Morgan fingerprint density at radius 2 is 1.03 bits per heavy atom. The molecule has 0 aliphatic carbocycles. The predicted octanol–water partition coefficient (Wildman–Crippen LogP) is 0.945. The number of aliphatic hydroxyl groups excluding tert-OH is 1. The van der Waals surface area contributed by atoms with Gasteiger partial charge in [0, 0.05) is 23.7 Å². The molecule has 3 nitrogen and oxygen atoms in total. The Morgan fingerprint density at radius 1 is 0.667 bits per heavy atom. The van der Waals surface area contributed by atoms with Gasteiger partial charge < -0.3 is 14.6 Å². The average Bonchev–Trinajstić information content (AvgIpc) is 3.11. The van der Waals surface area contributed by atoms with Crippen LogP contribution in [0.25, 0.3) is 0 Å². The van der Waals surface area contributed by atoms with Gasteiger partial charge >= 0.3 is 0 Å². The molecule has 3 atom stereocenters. The van der Waals surface area contributed by atoms with Crippen molar-refractivity contribution in [3.8, 4) is 131 Å². The van der Waals surface area contributed by atoms with Gasteiger partial charge in [-0.2, -0.15) is 0 Å². The molecule has 1 aliphatic rings. The van der Waals surface area contributed by atoms with Gasteiger partial charge in [0.25, 0.3) is 0 Å². The highest BCUT2D eigenvalue weighted by Gasteiger charge is 2.43. The molecule has 0 spiro atoms. The van der Waals surface area contributed by atoms with Crippen molar-refractivity contribution in [3.63, 3.8) is 0 Å². The maximum atomic E-state index is 10.0. The van der Waals surface area contributed by atoms with Gasteiger partial charge in [0.05, 0.1) is 6.10 Å². The SMILES string of the molecule is C#CC#CC#CC#CC#CC#CC#CC#CC#CC#CC#C[C@H]1OC(C)(C)O[C@H]1[C@@H](O)CC. The third-order valence-corrected chi connectivity index (χ3v) is 3.34. The molecule has 0 unspecified atom stereocenters. The minimum atomic E-state index is -0.803. The van der Waals surface area contributed by atoms with Crippen molar-refractivity contribution in [3.05, 3.63) is 0 Å². The van der Waals surface area contributed by atoms with Crippen LogP contribution in [0.4, 0.5) is 0 Å². The Morgan fingerprint density at radius 3 is 1.39 bits per heavy atom. The van der Waals surface area contributed by atoms with Crippen LogP contribution in [-0.2, 0) is 9.47 Å². The Bertz CT molecular complexity index is 1420. The van der Waals surface area contributed by atoms with Crippen molar-refractivity contribution in [1.29, 1.82) is 0 Å². The molecule has 0 amide bonds. The van der Waals surface area contributed by atoms with E-state index >= 15 is 0 Å². The first-order valence-electron chi connectivity index (χ1n) is 9.50. The van der Waals surface area contributed by atoms with E-state index in [0.717, 1.165) is 0 Å². The second kappa shape index (κ2) is 15.8. The summed E-state index contributed by atoms with van der Waals surface area (Å²) in [6.45, 7) is 5.41. The minimum absolute atomic E-state index is 0.518. The van der Waals surface area contributed by atoms with E-state index in [-0.39, 0.29) is 0 Å². The maximum Gasteiger partial charge on any atom is 0.165 e. The molecule has 1 N–H and O–H groups in total. The van der Waals surface area contributed by atoms with Crippen LogP contribution in [0.2, 0.25) is 0 Å². The van der Waals surface area contributed by atoms with Crippen LogP contribution in [0.5, 0.6) is 0 Å². The molecule has 33 heavy (non-hydrogen) atoms. The normalized spacial score (nSPS) is 15.8. The number of terminal acetylenes is 1. The minimum Gasteiger partial charge on any atom is -0.390 e. The fourth-order valence-electron chi connectivity index (χ4n) is 2.09. The van der Waals surface area contributed by atoms with E-state index in [4.69, 9.17) is 15.9 Å². The molecule has 3 heteroatoms. The molecule has 0 aromatic heterocycles. The van der Waals surface area contributed by atoms with Crippen molar-refractivity contribution < 1.29 is 14.6 Å². The van der Waals surface area contributed by atoms with Crippen LogP contribution in [0.15, 0.2) is 0 Å². The summed E-state index contributed by atoms with van der Waals surface area (Å²) in [6.07, 6.45) is 3.73. The molecule has 1 saturated heterocycles. The van der Waals surface area contributed by atoms with Crippen LogP contribution in [0.3, 0.4) is 0 Å². The molecule has 1 fully saturated rings. The number of rotatable bonds is 2. The van der Waals surface area contributed by atoms with Crippen LogP contribution in [0.1, 0.15) is 27.2 Å². The van der Waals surface area contributed by atoms with E-state index < -0.39 is 24.1 Å². The summed E-state index contributed by atoms with van der Waals surface area (Å²) >= 11 is 0. The van der Waals surface area contributed by atoms with Crippen LogP contribution in [-0.4, -0.2) is 29.2 Å². The largest absolute Gasteiger partial charge is 0.390 e. The zero-order valence-corrected chi connectivity index (χ0v) is 18.3. The first-order valence-corrected chi connectivity index (χ1v) is 9.50. The van der Waals surface area contributed by atoms with Crippen LogP contribution in [0, 0.1) is 131 Å². The van der Waals surface area contributed by atoms with Crippen molar-refractivity contribution in [2.24, 2.45) is 0 Å². The zero-order valence-electron chi connectivity index (χ0n) is 18.3. The van der Waals surface area contributed by atoms with E-state index in [9.17, 15) is 5.11 Å². The lowest BCUT2D eigenvalue weighted by atomic mass is 10.1. The highest BCUT2D eigenvalue weighted by atomic mass is 16.8. The summed E-state index contributed by atoms with van der Waals surface area (Å²) in [7, 11) is 0. The highest BCUT2D eigenvalue weighted by Crippen LogP contribution is 2.30. The first-order chi connectivity index (χ1) is 16.0. The molecule has 0 aromatic carbocycles. The Balaban J connectivity index is 2.54.